The highest BCUT2D eigenvalue weighted by Gasteiger charge is 2.54. The van der Waals surface area contributed by atoms with Crippen molar-refractivity contribution in [2.45, 2.75) is 5.54 Å². The van der Waals surface area contributed by atoms with Gasteiger partial charge in [-0.1, -0.05) is 66.7 Å². The summed E-state index contributed by atoms with van der Waals surface area (Å²) in [6, 6.07) is 21.3. The summed E-state index contributed by atoms with van der Waals surface area (Å²) in [6.45, 7) is 0. The molecule has 1 N–H and O–H groups in total. The summed E-state index contributed by atoms with van der Waals surface area (Å²) in [5.74, 6) is -0.454. The van der Waals surface area contributed by atoms with Crippen LogP contribution in [0.2, 0.25) is 0 Å². The standard InChI is InChI=1S/C21H16N4O2/c26-19-21(17-9-3-1-4-10-17,18-11-5-2-6-12-18)24-20(27)25(19)23-15-16-8-7-13-22-14-16/h1-15H,(H,24,27)/b23-15-. The normalized spacial score (nSPS) is 15.9. The van der Waals surface area contributed by atoms with Gasteiger partial charge in [-0.2, -0.15) is 5.10 Å². The second kappa shape index (κ2) is 6.84. The molecule has 0 aliphatic carbocycles. The number of urea groups is 1. The number of aromatic nitrogens is 1. The van der Waals surface area contributed by atoms with Gasteiger partial charge in [0.25, 0.3) is 5.91 Å². The number of benzene rings is 2. The molecule has 0 spiro atoms. The number of amides is 3. The largest absolute Gasteiger partial charge is 0.346 e. The minimum atomic E-state index is -1.31. The van der Waals surface area contributed by atoms with Crippen LogP contribution < -0.4 is 5.32 Å². The van der Waals surface area contributed by atoms with Gasteiger partial charge in [-0.15, -0.1) is 5.01 Å². The van der Waals surface area contributed by atoms with E-state index in [1.165, 1.54) is 6.21 Å². The smallest absolute Gasteiger partial charge is 0.314 e. The molecule has 0 bridgehead atoms. The Balaban J connectivity index is 1.78. The minimum absolute atomic E-state index is 0.454. The first-order chi connectivity index (χ1) is 13.2. The van der Waals surface area contributed by atoms with Crippen molar-refractivity contribution in [2.75, 3.05) is 0 Å². The molecule has 2 aromatic carbocycles. The van der Waals surface area contributed by atoms with E-state index in [2.05, 4.69) is 15.4 Å². The zero-order valence-electron chi connectivity index (χ0n) is 14.3. The quantitative estimate of drug-likeness (QED) is 0.577. The Labute approximate surface area is 156 Å². The fourth-order valence-electron chi connectivity index (χ4n) is 3.13. The fourth-order valence-corrected chi connectivity index (χ4v) is 3.13. The summed E-state index contributed by atoms with van der Waals surface area (Å²) in [5, 5.41) is 7.82. The lowest BCUT2D eigenvalue weighted by atomic mass is 9.83. The number of carbonyl (C=O) groups is 2. The van der Waals surface area contributed by atoms with Gasteiger partial charge >= 0.3 is 6.03 Å². The van der Waals surface area contributed by atoms with E-state index in [0.29, 0.717) is 16.7 Å². The van der Waals surface area contributed by atoms with Gasteiger partial charge in [0.1, 0.15) is 0 Å². The molecule has 6 heteroatoms. The third-order valence-corrected chi connectivity index (χ3v) is 4.42. The number of nitrogens with zero attached hydrogens (tertiary/aromatic N) is 3. The van der Waals surface area contributed by atoms with Crippen molar-refractivity contribution in [3.05, 3.63) is 102 Å². The van der Waals surface area contributed by atoms with Crippen LogP contribution in [0.4, 0.5) is 4.79 Å². The van der Waals surface area contributed by atoms with Crippen LogP contribution in [0.25, 0.3) is 0 Å². The zero-order valence-corrected chi connectivity index (χ0v) is 14.3. The molecule has 1 aromatic heterocycles. The monoisotopic (exact) mass is 356 g/mol. The lowest BCUT2D eigenvalue weighted by Gasteiger charge is -2.27. The molecule has 0 saturated carbocycles. The van der Waals surface area contributed by atoms with Gasteiger partial charge in [0, 0.05) is 18.0 Å². The summed E-state index contributed by atoms with van der Waals surface area (Å²) in [7, 11) is 0. The maximum atomic E-state index is 13.4. The topological polar surface area (TPSA) is 74.7 Å². The van der Waals surface area contributed by atoms with E-state index in [-0.39, 0.29) is 0 Å². The molecule has 0 radical (unpaired) electrons. The van der Waals surface area contributed by atoms with E-state index in [0.717, 1.165) is 5.01 Å². The third-order valence-electron chi connectivity index (χ3n) is 4.42. The number of hydrogen-bond acceptors (Lipinski definition) is 4. The maximum absolute atomic E-state index is 13.4. The van der Waals surface area contributed by atoms with Gasteiger partial charge in [-0.25, -0.2) is 4.79 Å². The summed E-state index contributed by atoms with van der Waals surface area (Å²) in [4.78, 5) is 30.0. The van der Waals surface area contributed by atoms with Crippen molar-refractivity contribution in [3.8, 4) is 0 Å². The van der Waals surface area contributed by atoms with Gasteiger partial charge in [-0.3, -0.25) is 9.78 Å². The van der Waals surface area contributed by atoms with E-state index < -0.39 is 17.5 Å². The zero-order chi connectivity index (χ0) is 18.7. The molecule has 0 unspecified atom stereocenters. The van der Waals surface area contributed by atoms with Gasteiger partial charge in [0.05, 0.1) is 6.21 Å². The van der Waals surface area contributed by atoms with Crippen molar-refractivity contribution >= 4 is 18.2 Å². The fraction of sp³-hybridized carbons (Fsp3) is 0.0476. The lowest BCUT2D eigenvalue weighted by Crippen LogP contribution is -2.44. The molecule has 0 atom stereocenters. The molecular formula is C21H16N4O2. The van der Waals surface area contributed by atoms with Crippen molar-refractivity contribution in [3.63, 3.8) is 0 Å². The molecule has 27 heavy (non-hydrogen) atoms. The number of carbonyl (C=O) groups excluding carboxylic acids is 2. The van der Waals surface area contributed by atoms with E-state index in [4.69, 9.17) is 0 Å². The van der Waals surface area contributed by atoms with Crippen LogP contribution in [-0.4, -0.2) is 28.1 Å². The highest BCUT2D eigenvalue weighted by molar-refractivity contribution is 6.09. The second-order valence-electron chi connectivity index (χ2n) is 6.06. The predicted molar refractivity (Wildman–Crippen MR) is 101 cm³/mol. The Morgan fingerprint density at radius 1 is 0.889 bits per heavy atom. The van der Waals surface area contributed by atoms with E-state index >= 15 is 0 Å². The van der Waals surface area contributed by atoms with Gasteiger partial charge < -0.3 is 5.32 Å². The Bertz CT molecular complexity index is 949. The van der Waals surface area contributed by atoms with Crippen molar-refractivity contribution in [2.24, 2.45) is 5.10 Å². The first-order valence-corrected chi connectivity index (χ1v) is 8.43. The molecule has 3 amide bonds. The number of rotatable bonds is 4. The van der Waals surface area contributed by atoms with Gasteiger partial charge in [-0.05, 0) is 17.2 Å². The average Bonchev–Trinajstić information content (AvgIpc) is 2.99. The molecule has 132 valence electrons. The molecule has 1 saturated heterocycles. The molecule has 3 aromatic rings. The highest BCUT2D eigenvalue weighted by atomic mass is 16.2. The maximum Gasteiger partial charge on any atom is 0.346 e. The van der Waals surface area contributed by atoms with E-state index in [1.54, 1.807) is 24.5 Å². The minimum Gasteiger partial charge on any atom is -0.314 e. The Morgan fingerprint density at radius 2 is 1.52 bits per heavy atom. The average molecular weight is 356 g/mol. The third kappa shape index (κ3) is 2.87. The number of hydrazone groups is 1. The lowest BCUT2D eigenvalue weighted by molar-refractivity contribution is -0.130. The van der Waals surface area contributed by atoms with Crippen LogP contribution in [0.5, 0.6) is 0 Å². The molecule has 6 nitrogen and oxygen atoms in total. The highest BCUT2D eigenvalue weighted by Crippen LogP contribution is 2.36. The number of pyridine rings is 1. The first kappa shape index (κ1) is 16.7. The molecule has 4 rings (SSSR count). The summed E-state index contributed by atoms with van der Waals surface area (Å²) in [5.41, 5.74) is 0.726. The summed E-state index contributed by atoms with van der Waals surface area (Å²) < 4.78 is 0. The predicted octanol–water partition coefficient (Wildman–Crippen LogP) is 2.91. The molecule has 1 fully saturated rings. The Hall–Kier alpha value is -3.80. The molecular weight excluding hydrogens is 340 g/mol. The Kier molecular flexibility index (Phi) is 4.22. The van der Waals surface area contributed by atoms with Crippen molar-refractivity contribution < 1.29 is 9.59 Å². The second-order valence-corrected chi connectivity index (χ2v) is 6.06. The SMILES string of the molecule is O=C1NC(c2ccccc2)(c2ccccc2)C(=O)N1/N=C\c1cccnc1. The van der Waals surface area contributed by atoms with Gasteiger partial charge in [0.15, 0.2) is 5.54 Å². The Morgan fingerprint density at radius 3 is 2.07 bits per heavy atom. The van der Waals surface area contributed by atoms with Crippen LogP contribution in [0.3, 0.4) is 0 Å². The first-order valence-electron chi connectivity index (χ1n) is 8.43. The van der Waals surface area contributed by atoms with Crippen molar-refractivity contribution in [1.82, 2.24) is 15.3 Å². The van der Waals surface area contributed by atoms with Gasteiger partial charge in [0.2, 0.25) is 0 Å². The van der Waals surface area contributed by atoms with Crippen molar-refractivity contribution in [1.29, 1.82) is 0 Å². The van der Waals surface area contributed by atoms with Crippen LogP contribution in [0.15, 0.2) is 90.3 Å². The number of hydrogen-bond donors (Lipinski definition) is 1. The van der Waals surface area contributed by atoms with E-state index in [1.807, 2.05) is 60.7 Å². The van der Waals surface area contributed by atoms with Crippen LogP contribution in [-0.2, 0) is 10.3 Å². The molecule has 1 aliphatic heterocycles. The summed E-state index contributed by atoms with van der Waals surface area (Å²) in [6.07, 6.45) is 4.68. The van der Waals surface area contributed by atoms with Crippen LogP contribution in [0.1, 0.15) is 16.7 Å². The summed E-state index contributed by atoms with van der Waals surface area (Å²) >= 11 is 0. The number of imide groups is 1. The van der Waals surface area contributed by atoms with Crippen LogP contribution in [0, 0.1) is 0 Å². The molecule has 2 heterocycles. The van der Waals surface area contributed by atoms with E-state index in [9.17, 15) is 9.59 Å². The number of nitrogens with one attached hydrogen (secondary N) is 1. The van der Waals surface area contributed by atoms with Crippen LogP contribution >= 0.6 is 0 Å². The molecule has 1 aliphatic rings.